The first-order valence-electron chi connectivity index (χ1n) is 6.66. The van der Waals surface area contributed by atoms with E-state index in [1.807, 2.05) is 0 Å². The Balaban J connectivity index is 1.99. The van der Waals surface area contributed by atoms with Gasteiger partial charge in [0.15, 0.2) is 0 Å². The quantitative estimate of drug-likeness (QED) is 0.823. The fourth-order valence-electron chi connectivity index (χ4n) is 2.20. The number of hydrogen-bond acceptors (Lipinski definition) is 4. The smallest absolute Gasteiger partial charge is 0.406 e. The van der Waals surface area contributed by atoms with Gasteiger partial charge in [0.25, 0.3) is 5.91 Å². The maximum absolute atomic E-state index is 12.2. The van der Waals surface area contributed by atoms with Crippen molar-refractivity contribution in [3.05, 3.63) is 29.8 Å². The number of nitrogens with zero attached hydrogens (tertiary/aromatic N) is 2. The fourth-order valence-corrected chi connectivity index (χ4v) is 3.03. The molecule has 1 heterocycles. The first kappa shape index (κ1) is 17.5. The largest absolute Gasteiger partial charge is 0.573 e. The summed E-state index contributed by atoms with van der Waals surface area (Å²) in [7, 11) is -3.29. The van der Waals surface area contributed by atoms with E-state index >= 15 is 0 Å². The zero-order valence-electron chi connectivity index (χ0n) is 12.2. The molecule has 1 fully saturated rings. The zero-order chi connectivity index (χ0) is 17.3. The molecule has 0 spiro atoms. The summed E-state index contributed by atoms with van der Waals surface area (Å²) in [4.78, 5) is 13.7. The molecule has 1 aromatic carbocycles. The van der Waals surface area contributed by atoms with Crippen LogP contribution in [0.4, 0.5) is 13.2 Å². The third kappa shape index (κ3) is 4.83. The van der Waals surface area contributed by atoms with E-state index in [0.717, 1.165) is 18.4 Å². The standard InChI is InChI=1S/C13H15F3N2O4S/c1-23(20,21)18-8-6-17(7-9-18)12(19)10-2-4-11(5-3-10)22-13(14,15)16/h2-5H,6-9H2,1H3. The number of piperazine rings is 1. The SMILES string of the molecule is CS(=O)(=O)N1CCN(C(=O)c2ccc(OC(F)(F)F)cc2)CC1. The molecule has 1 aliphatic heterocycles. The highest BCUT2D eigenvalue weighted by atomic mass is 32.2. The predicted molar refractivity (Wildman–Crippen MR) is 75.4 cm³/mol. The van der Waals surface area contributed by atoms with E-state index in [1.54, 1.807) is 0 Å². The second-order valence-corrected chi connectivity index (χ2v) is 7.01. The van der Waals surface area contributed by atoms with Crippen molar-refractivity contribution < 1.29 is 31.1 Å². The predicted octanol–water partition coefficient (Wildman–Crippen LogP) is 1.30. The van der Waals surface area contributed by atoms with E-state index in [9.17, 15) is 26.4 Å². The molecule has 0 bridgehead atoms. The van der Waals surface area contributed by atoms with Gasteiger partial charge in [0.05, 0.1) is 6.26 Å². The van der Waals surface area contributed by atoms with Crippen molar-refractivity contribution in [3.63, 3.8) is 0 Å². The average molecular weight is 352 g/mol. The van der Waals surface area contributed by atoms with Gasteiger partial charge in [-0.2, -0.15) is 4.31 Å². The number of carbonyl (C=O) groups is 1. The molecule has 1 aliphatic rings. The van der Waals surface area contributed by atoms with Gasteiger partial charge >= 0.3 is 6.36 Å². The maximum atomic E-state index is 12.2. The van der Waals surface area contributed by atoms with E-state index < -0.39 is 22.1 Å². The molecule has 0 aromatic heterocycles. The van der Waals surface area contributed by atoms with Crippen molar-refractivity contribution in [2.45, 2.75) is 6.36 Å². The summed E-state index contributed by atoms with van der Waals surface area (Å²) in [5, 5.41) is 0. The molecule has 2 rings (SSSR count). The van der Waals surface area contributed by atoms with Crippen LogP contribution < -0.4 is 4.74 Å². The van der Waals surface area contributed by atoms with E-state index in [0.29, 0.717) is 0 Å². The van der Waals surface area contributed by atoms with Crippen LogP contribution >= 0.6 is 0 Å². The van der Waals surface area contributed by atoms with Gasteiger partial charge in [-0.25, -0.2) is 8.42 Å². The van der Waals surface area contributed by atoms with Crippen LogP contribution in [0, 0.1) is 0 Å². The molecule has 0 aliphatic carbocycles. The topological polar surface area (TPSA) is 66.9 Å². The van der Waals surface area contributed by atoms with Gasteiger partial charge in [0.2, 0.25) is 10.0 Å². The zero-order valence-corrected chi connectivity index (χ0v) is 13.0. The molecule has 0 N–H and O–H groups in total. The van der Waals surface area contributed by atoms with Crippen LogP contribution in [0.5, 0.6) is 5.75 Å². The van der Waals surface area contributed by atoms with Gasteiger partial charge in [-0.15, -0.1) is 13.2 Å². The van der Waals surface area contributed by atoms with E-state index in [-0.39, 0.29) is 37.6 Å². The van der Waals surface area contributed by atoms with E-state index in [1.165, 1.54) is 21.3 Å². The number of sulfonamides is 1. The third-order valence-corrected chi connectivity index (χ3v) is 4.63. The molecule has 10 heteroatoms. The first-order chi connectivity index (χ1) is 10.6. The number of hydrogen-bond donors (Lipinski definition) is 0. The van der Waals surface area contributed by atoms with Crippen LogP contribution in [-0.2, 0) is 10.0 Å². The lowest BCUT2D eigenvalue weighted by Gasteiger charge is -2.33. The molecule has 1 amide bonds. The van der Waals surface area contributed by atoms with Crippen LogP contribution in [-0.4, -0.2) is 62.3 Å². The summed E-state index contributed by atoms with van der Waals surface area (Å²) in [5.74, 6) is -0.771. The van der Waals surface area contributed by atoms with E-state index in [4.69, 9.17) is 0 Å². The number of alkyl halides is 3. The molecule has 6 nitrogen and oxygen atoms in total. The van der Waals surface area contributed by atoms with Gasteiger partial charge in [-0.3, -0.25) is 4.79 Å². The van der Waals surface area contributed by atoms with Gasteiger partial charge in [-0.1, -0.05) is 0 Å². The van der Waals surface area contributed by atoms with Crippen molar-refractivity contribution in [2.75, 3.05) is 32.4 Å². The van der Waals surface area contributed by atoms with Gasteiger partial charge in [-0.05, 0) is 24.3 Å². The molecular formula is C13H15F3N2O4S. The Bertz CT molecular complexity index is 665. The molecule has 1 aromatic rings. The summed E-state index contributed by atoms with van der Waals surface area (Å²) < 4.78 is 64.0. The molecule has 0 saturated carbocycles. The molecule has 1 saturated heterocycles. The van der Waals surface area contributed by atoms with Crippen LogP contribution in [0.2, 0.25) is 0 Å². The van der Waals surface area contributed by atoms with Crippen molar-refractivity contribution in [2.24, 2.45) is 0 Å². The Labute approximate surface area is 131 Å². The number of carbonyl (C=O) groups excluding carboxylic acids is 1. The molecule has 0 radical (unpaired) electrons. The highest BCUT2D eigenvalue weighted by Crippen LogP contribution is 2.23. The van der Waals surface area contributed by atoms with Gasteiger partial charge in [0, 0.05) is 31.7 Å². The van der Waals surface area contributed by atoms with Gasteiger partial charge < -0.3 is 9.64 Å². The fraction of sp³-hybridized carbons (Fsp3) is 0.462. The lowest BCUT2D eigenvalue weighted by Crippen LogP contribution is -2.50. The van der Waals surface area contributed by atoms with Crippen molar-refractivity contribution in [1.29, 1.82) is 0 Å². The van der Waals surface area contributed by atoms with Crippen molar-refractivity contribution in [3.8, 4) is 5.75 Å². The Morgan fingerprint density at radius 2 is 1.61 bits per heavy atom. The van der Waals surface area contributed by atoms with Crippen molar-refractivity contribution in [1.82, 2.24) is 9.21 Å². The van der Waals surface area contributed by atoms with Crippen LogP contribution in [0.15, 0.2) is 24.3 Å². The Hall–Kier alpha value is -1.81. The number of amides is 1. The third-order valence-electron chi connectivity index (χ3n) is 3.33. The van der Waals surface area contributed by atoms with Crippen LogP contribution in [0.1, 0.15) is 10.4 Å². The summed E-state index contributed by atoms with van der Waals surface area (Å²) in [5.41, 5.74) is 0.215. The number of rotatable bonds is 3. The highest BCUT2D eigenvalue weighted by molar-refractivity contribution is 7.88. The summed E-state index contributed by atoms with van der Waals surface area (Å²) in [6, 6.07) is 4.61. The number of ether oxygens (including phenoxy) is 1. The lowest BCUT2D eigenvalue weighted by atomic mass is 10.2. The minimum atomic E-state index is -4.78. The highest BCUT2D eigenvalue weighted by Gasteiger charge is 2.31. The molecular weight excluding hydrogens is 337 g/mol. The summed E-state index contributed by atoms with van der Waals surface area (Å²) in [6.45, 7) is 0.846. The van der Waals surface area contributed by atoms with E-state index in [2.05, 4.69) is 4.74 Å². The summed E-state index contributed by atoms with van der Waals surface area (Å²) in [6.07, 6.45) is -3.68. The number of halogens is 3. The minimum absolute atomic E-state index is 0.194. The molecule has 0 atom stereocenters. The monoisotopic (exact) mass is 352 g/mol. The van der Waals surface area contributed by atoms with Gasteiger partial charge in [0.1, 0.15) is 5.75 Å². The van der Waals surface area contributed by atoms with Crippen LogP contribution in [0.3, 0.4) is 0 Å². The molecule has 23 heavy (non-hydrogen) atoms. The Morgan fingerprint density at radius 1 is 1.09 bits per heavy atom. The Kier molecular flexibility index (Phi) is 4.85. The second-order valence-electron chi connectivity index (χ2n) is 5.03. The summed E-state index contributed by atoms with van der Waals surface area (Å²) >= 11 is 0. The number of benzene rings is 1. The average Bonchev–Trinajstić information content (AvgIpc) is 2.45. The maximum Gasteiger partial charge on any atom is 0.573 e. The Morgan fingerprint density at radius 3 is 2.04 bits per heavy atom. The lowest BCUT2D eigenvalue weighted by molar-refractivity contribution is -0.274. The van der Waals surface area contributed by atoms with Crippen molar-refractivity contribution >= 4 is 15.9 Å². The molecule has 0 unspecified atom stereocenters. The van der Waals surface area contributed by atoms with Crippen LogP contribution in [0.25, 0.3) is 0 Å². The molecule has 128 valence electrons. The second kappa shape index (κ2) is 6.36. The minimum Gasteiger partial charge on any atom is -0.406 e. The normalized spacial score (nSPS) is 17.1. The first-order valence-corrected chi connectivity index (χ1v) is 8.51.